The van der Waals surface area contributed by atoms with Crippen LogP contribution in [0.1, 0.15) is 24.2 Å². The predicted octanol–water partition coefficient (Wildman–Crippen LogP) is 5.57. The number of methoxy groups -OCH3 is 2. The molecule has 2 heterocycles. The van der Waals surface area contributed by atoms with Gasteiger partial charge in [0.05, 0.1) is 31.9 Å². The molecule has 0 saturated carbocycles. The van der Waals surface area contributed by atoms with E-state index in [1.165, 1.54) is 10.9 Å². The van der Waals surface area contributed by atoms with E-state index in [1.54, 1.807) is 14.2 Å². The van der Waals surface area contributed by atoms with Crippen LogP contribution in [0.25, 0.3) is 21.8 Å². The number of nitrogens with zero attached hydrogens (tertiary/aromatic N) is 3. The number of fused-ring (bicyclic) bond motifs is 2. The number of para-hydroxylation sites is 1. The third-order valence-electron chi connectivity index (χ3n) is 7.08. The van der Waals surface area contributed by atoms with Crippen LogP contribution in [0.2, 0.25) is 0 Å². The maximum atomic E-state index is 11.0. The maximum Gasteiger partial charge on any atom is 0.227 e. The number of benzene rings is 3. The van der Waals surface area contributed by atoms with Crippen molar-refractivity contribution in [1.82, 2.24) is 15.0 Å². The molecule has 5 rings (SSSR count). The minimum absolute atomic E-state index is 0. The van der Waals surface area contributed by atoms with Crippen molar-refractivity contribution in [3.63, 3.8) is 0 Å². The van der Waals surface area contributed by atoms with E-state index in [1.807, 2.05) is 67.4 Å². The molecule has 0 spiro atoms. The van der Waals surface area contributed by atoms with Gasteiger partial charge in [-0.3, -0.25) is 0 Å². The van der Waals surface area contributed by atoms with E-state index in [4.69, 9.17) is 19.4 Å². The minimum Gasteiger partial charge on any atom is -0.493 e. The first-order valence-electron chi connectivity index (χ1n) is 12.7. The number of hydrogen-bond acceptors (Lipinski definition) is 7. The number of aromatic nitrogens is 3. The fourth-order valence-electron chi connectivity index (χ4n) is 4.71. The number of likely N-dealkylation sites (N-methyl/N-ethyl adjacent to an activating group) is 1. The first kappa shape index (κ1) is 30.9. The lowest BCUT2D eigenvalue weighted by molar-refractivity contribution is 0.150. The highest BCUT2D eigenvalue weighted by molar-refractivity contribution is 7.59. The van der Waals surface area contributed by atoms with E-state index in [9.17, 15) is 5.11 Å². The van der Waals surface area contributed by atoms with Gasteiger partial charge in [0.15, 0.2) is 11.5 Å². The second-order valence-corrected chi connectivity index (χ2v) is 9.34. The van der Waals surface area contributed by atoms with Gasteiger partial charge in [0, 0.05) is 42.1 Å². The predicted molar refractivity (Wildman–Crippen MR) is 173 cm³/mol. The summed E-state index contributed by atoms with van der Waals surface area (Å²) < 4.78 is 11.1. The zero-order valence-electron chi connectivity index (χ0n) is 23.1. The van der Waals surface area contributed by atoms with Gasteiger partial charge in [-0.2, -0.15) is 32.0 Å². The highest BCUT2D eigenvalue weighted by Gasteiger charge is 2.24. The number of aromatic amines is 1. The van der Waals surface area contributed by atoms with Crippen molar-refractivity contribution in [3.8, 4) is 11.5 Å². The van der Waals surface area contributed by atoms with Crippen LogP contribution in [-0.2, 0) is 6.42 Å². The monoisotopic (exact) mass is 579 g/mol. The summed E-state index contributed by atoms with van der Waals surface area (Å²) in [5.74, 6) is 2.40. The van der Waals surface area contributed by atoms with Gasteiger partial charge >= 0.3 is 0 Å². The van der Waals surface area contributed by atoms with Crippen molar-refractivity contribution in [2.45, 2.75) is 25.5 Å². The Labute approximate surface area is 248 Å². The van der Waals surface area contributed by atoms with E-state index in [0.717, 1.165) is 28.4 Å². The molecule has 5 aromatic rings. The number of nitrogens with one attached hydrogen (secondary N) is 2. The molecule has 212 valence electrons. The van der Waals surface area contributed by atoms with Gasteiger partial charge in [0.25, 0.3) is 0 Å². The summed E-state index contributed by atoms with van der Waals surface area (Å²) >= 11 is 0. The molecular formula is C30H37N5O3S2. The number of H-pyrrole nitrogens is 1. The molecule has 0 bridgehead atoms. The SMILES string of the molecule is COc1cc2nc(N(C)[C@@H](C)[C@@H](O)c3ccccc3)nc(NCCc3c[nH]c4ccccc34)c2cc1OC.S.S. The third kappa shape index (κ3) is 6.24. The third-order valence-corrected chi connectivity index (χ3v) is 7.08. The lowest BCUT2D eigenvalue weighted by atomic mass is 10.0. The molecule has 2 aromatic heterocycles. The quantitative estimate of drug-likeness (QED) is 0.199. The molecular weight excluding hydrogens is 542 g/mol. The Balaban J connectivity index is 0.00000220. The lowest BCUT2D eigenvalue weighted by Gasteiger charge is -2.29. The molecule has 10 heteroatoms. The standard InChI is InChI=1S/C30H33N5O3.2H2S/c1-19(28(36)20-10-6-5-7-11-20)35(2)30-33-25-17-27(38-4)26(37-3)16-23(25)29(34-30)31-15-14-21-18-32-24-13-9-8-12-22(21)24;;/h5-13,16-19,28,32,36H,14-15H2,1-4H3,(H,31,33,34);2*1H2/t19-,28+;;/m0../s1. The minimum atomic E-state index is -0.704. The van der Waals surface area contributed by atoms with Gasteiger partial charge < -0.3 is 29.8 Å². The van der Waals surface area contributed by atoms with Crippen molar-refractivity contribution < 1.29 is 14.6 Å². The van der Waals surface area contributed by atoms with Crippen LogP contribution < -0.4 is 19.7 Å². The number of rotatable bonds is 10. The second kappa shape index (κ2) is 13.6. The zero-order valence-corrected chi connectivity index (χ0v) is 25.1. The van der Waals surface area contributed by atoms with Crippen molar-refractivity contribution in [2.24, 2.45) is 0 Å². The van der Waals surface area contributed by atoms with Crippen molar-refractivity contribution >= 4 is 60.6 Å². The van der Waals surface area contributed by atoms with Crippen LogP contribution in [0.15, 0.2) is 72.9 Å². The van der Waals surface area contributed by atoms with E-state index in [-0.39, 0.29) is 33.0 Å². The van der Waals surface area contributed by atoms with Crippen LogP contribution in [-0.4, -0.2) is 53.9 Å². The Hall–Kier alpha value is -3.60. The van der Waals surface area contributed by atoms with Crippen LogP contribution in [0.4, 0.5) is 11.8 Å². The Bertz CT molecular complexity index is 1550. The van der Waals surface area contributed by atoms with Crippen LogP contribution in [0.3, 0.4) is 0 Å². The average Bonchev–Trinajstić information content (AvgIpc) is 3.38. The molecule has 40 heavy (non-hydrogen) atoms. The molecule has 0 fully saturated rings. The average molecular weight is 580 g/mol. The molecule has 8 nitrogen and oxygen atoms in total. The summed E-state index contributed by atoms with van der Waals surface area (Å²) in [6.07, 6.45) is 2.17. The fraction of sp³-hybridized carbons (Fsp3) is 0.267. The van der Waals surface area contributed by atoms with E-state index in [2.05, 4.69) is 34.7 Å². The van der Waals surface area contributed by atoms with Gasteiger partial charge in [-0.15, -0.1) is 0 Å². The number of ether oxygens (including phenoxy) is 2. The summed E-state index contributed by atoms with van der Waals surface area (Å²) in [6, 6.07) is 21.4. The molecule has 0 radical (unpaired) electrons. The van der Waals surface area contributed by atoms with Gasteiger partial charge in [0.2, 0.25) is 5.95 Å². The van der Waals surface area contributed by atoms with Crippen molar-refractivity contribution in [1.29, 1.82) is 0 Å². The molecule has 0 saturated heterocycles. The Morgan fingerprint density at radius 1 is 0.925 bits per heavy atom. The maximum absolute atomic E-state index is 11.0. The first-order valence-corrected chi connectivity index (χ1v) is 12.7. The van der Waals surface area contributed by atoms with Crippen LogP contribution >= 0.6 is 27.0 Å². The Morgan fingerprint density at radius 3 is 2.33 bits per heavy atom. The summed E-state index contributed by atoms with van der Waals surface area (Å²) in [7, 11) is 5.12. The summed E-state index contributed by atoms with van der Waals surface area (Å²) in [5.41, 5.74) is 3.93. The number of aliphatic hydroxyl groups is 1. The summed E-state index contributed by atoms with van der Waals surface area (Å²) in [4.78, 5) is 15.0. The summed E-state index contributed by atoms with van der Waals surface area (Å²) in [6.45, 7) is 2.64. The molecule has 0 aliphatic rings. The molecule has 0 aliphatic heterocycles. The second-order valence-electron chi connectivity index (χ2n) is 9.34. The Kier molecular flexibility index (Phi) is 10.6. The van der Waals surface area contributed by atoms with Gasteiger partial charge in [-0.1, -0.05) is 48.5 Å². The van der Waals surface area contributed by atoms with Gasteiger partial charge in [-0.25, -0.2) is 4.98 Å². The topological polar surface area (TPSA) is 95.5 Å². The molecule has 2 atom stereocenters. The highest BCUT2D eigenvalue weighted by atomic mass is 32.1. The molecule has 3 aromatic carbocycles. The number of anilines is 2. The first-order chi connectivity index (χ1) is 18.5. The lowest BCUT2D eigenvalue weighted by Crippen LogP contribution is -2.35. The number of aliphatic hydroxyl groups excluding tert-OH is 1. The molecule has 0 aliphatic carbocycles. The van der Waals surface area contributed by atoms with Crippen LogP contribution in [0.5, 0.6) is 11.5 Å². The van der Waals surface area contributed by atoms with Gasteiger partial charge in [0.1, 0.15) is 5.82 Å². The van der Waals surface area contributed by atoms with Crippen molar-refractivity contribution in [2.75, 3.05) is 38.0 Å². The normalized spacial score (nSPS) is 12.2. The van der Waals surface area contributed by atoms with Gasteiger partial charge in [-0.05, 0) is 36.6 Å². The smallest absolute Gasteiger partial charge is 0.227 e. The van der Waals surface area contributed by atoms with E-state index >= 15 is 0 Å². The van der Waals surface area contributed by atoms with E-state index in [0.29, 0.717) is 29.8 Å². The molecule has 0 amide bonds. The summed E-state index contributed by atoms with van der Waals surface area (Å²) in [5, 5.41) is 16.6. The molecule has 0 unspecified atom stereocenters. The van der Waals surface area contributed by atoms with Crippen molar-refractivity contribution in [3.05, 3.63) is 84.1 Å². The number of hydrogen-bond donors (Lipinski definition) is 3. The largest absolute Gasteiger partial charge is 0.493 e. The van der Waals surface area contributed by atoms with E-state index < -0.39 is 6.10 Å². The highest BCUT2D eigenvalue weighted by Crippen LogP contribution is 2.35. The fourth-order valence-corrected chi connectivity index (χ4v) is 4.71. The van der Waals surface area contributed by atoms with Crippen LogP contribution in [0, 0.1) is 0 Å². The Morgan fingerprint density at radius 2 is 1.60 bits per heavy atom. The zero-order chi connectivity index (χ0) is 26.6. The molecule has 3 N–H and O–H groups in total.